The van der Waals surface area contributed by atoms with E-state index in [4.69, 9.17) is 0 Å². The molecule has 2 rings (SSSR count). The number of carbonyl (C=O) groups is 2. The third-order valence-electron chi connectivity index (χ3n) is 4.50. The molecule has 6 nitrogen and oxygen atoms in total. The molecule has 3 amide bonds. The lowest BCUT2D eigenvalue weighted by Crippen LogP contribution is -2.45. The van der Waals surface area contributed by atoms with Gasteiger partial charge in [-0.15, -0.1) is 0 Å². The molecule has 1 aromatic rings. The highest BCUT2D eigenvalue weighted by atomic mass is 32.2. The summed E-state index contributed by atoms with van der Waals surface area (Å²) < 4.78 is 2.15. The van der Waals surface area contributed by atoms with Gasteiger partial charge in [0.2, 0.25) is 5.91 Å². The zero-order valence-electron chi connectivity index (χ0n) is 15.7. The summed E-state index contributed by atoms with van der Waals surface area (Å²) in [6.07, 6.45) is 5.53. The van der Waals surface area contributed by atoms with Gasteiger partial charge in [-0.2, -0.15) is 0 Å². The zero-order chi connectivity index (χ0) is 18.4. The van der Waals surface area contributed by atoms with Gasteiger partial charge in [-0.05, 0) is 32.6 Å². The van der Waals surface area contributed by atoms with Crippen molar-refractivity contribution in [1.82, 2.24) is 20.2 Å². The Morgan fingerprint density at radius 3 is 2.56 bits per heavy atom. The molecule has 1 aliphatic carbocycles. The van der Waals surface area contributed by atoms with E-state index in [1.165, 1.54) is 18.2 Å². The van der Waals surface area contributed by atoms with E-state index in [0.29, 0.717) is 5.92 Å². The second kappa shape index (κ2) is 9.27. The van der Waals surface area contributed by atoms with Crippen LogP contribution in [0.25, 0.3) is 0 Å². The number of hydrogen-bond donors (Lipinski definition) is 2. The van der Waals surface area contributed by atoms with Gasteiger partial charge in [-0.3, -0.25) is 10.1 Å². The van der Waals surface area contributed by atoms with Gasteiger partial charge in [0.15, 0.2) is 5.16 Å². The van der Waals surface area contributed by atoms with E-state index >= 15 is 0 Å². The molecular weight excluding hydrogens is 336 g/mol. The Morgan fingerprint density at radius 2 is 1.92 bits per heavy atom. The van der Waals surface area contributed by atoms with Crippen LogP contribution in [0, 0.1) is 19.8 Å². The molecule has 1 heterocycles. The second-order valence-corrected chi connectivity index (χ2v) is 8.16. The minimum absolute atomic E-state index is 0.187. The normalized spacial score (nSPS) is 15.4. The predicted molar refractivity (Wildman–Crippen MR) is 101 cm³/mol. The number of thioether (sulfide) groups is 1. The van der Waals surface area contributed by atoms with Gasteiger partial charge >= 0.3 is 6.03 Å². The van der Waals surface area contributed by atoms with Gasteiger partial charge in [-0.1, -0.05) is 44.9 Å². The van der Waals surface area contributed by atoms with Crippen LogP contribution in [0.4, 0.5) is 4.79 Å². The topological polar surface area (TPSA) is 76.0 Å². The molecule has 1 aliphatic rings. The first kappa shape index (κ1) is 19.8. The van der Waals surface area contributed by atoms with Crippen molar-refractivity contribution in [2.24, 2.45) is 5.92 Å². The zero-order valence-corrected chi connectivity index (χ0v) is 16.5. The maximum atomic E-state index is 12.1. The molecule has 0 unspecified atom stereocenters. The number of imide groups is 1. The molecular formula is C18H30N4O2S. The Bertz CT molecular complexity index is 606. The van der Waals surface area contributed by atoms with Crippen LogP contribution in [0.2, 0.25) is 0 Å². The highest BCUT2D eigenvalue weighted by Gasteiger charge is 2.18. The molecule has 0 atom stereocenters. The molecule has 0 saturated heterocycles. The Balaban J connectivity index is 1.83. The molecule has 0 aromatic carbocycles. The first-order valence-corrected chi connectivity index (χ1v) is 10.1. The molecule has 0 bridgehead atoms. The monoisotopic (exact) mass is 366 g/mol. The summed E-state index contributed by atoms with van der Waals surface area (Å²) in [6, 6.07) is -0.181. The molecule has 0 aliphatic heterocycles. The van der Waals surface area contributed by atoms with Crippen molar-refractivity contribution in [3.05, 3.63) is 11.4 Å². The molecule has 7 heteroatoms. The maximum absolute atomic E-state index is 12.1. The number of carbonyl (C=O) groups excluding carboxylic acids is 2. The van der Waals surface area contributed by atoms with E-state index in [1.54, 1.807) is 0 Å². The number of nitrogens with one attached hydrogen (secondary N) is 2. The minimum Gasteiger partial charge on any atom is -0.335 e. The molecule has 1 aromatic heterocycles. The summed E-state index contributed by atoms with van der Waals surface area (Å²) in [7, 11) is 0. The highest BCUT2D eigenvalue weighted by molar-refractivity contribution is 7.99. The smallest absolute Gasteiger partial charge is 0.321 e. The molecule has 25 heavy (non-hydrogen) atoms. The van der Waals surface area contributed by atoms with E-state index in [0.717, 1.165) is 48.8 Å². The lowest BCUT2D eigenvalue weighted by Gasteiger charge is -2.22. The number of rotatable bonds is 6. The van der Waals surface area contributed by atoms with Crippen molar-refractivity contribution in [3.63, 3.8) is 0 Å². The van der Waals surface area contributed by atoms with Crippen LogP contribution in [0.3, 0.4) is 0 Å². The predicted octanol–water partition coefficient (Wildman–Crippen LogP) is 3.41. The second-order valence-electron chi connectivity index (χ2n) is 7.21. The number of aryl methyl sites for hydroxylation is 1. The Labute approximate surface area is 154 Å². The van der Waals surface area contributed by atoms with Crippen LogP contribution in [0.5, 0.6) is 0 Å². The summed E-state index contributed by atoms with van der Waals surface area (Å²) in [5, 5.41) is 6.17. The molecule has 140 valence electrons. The number of aromatic nitrogens is 2. The van der Waals surface area contributed by atoms with Crippen molar-refractivity contribution in [2.45, 2.75) is 77.5 Å². The lowest BCUT2D eigenvalue weighted by atomic mass is 9.96. The van der Waals surface area contributed by atoms with Gasteiger partial charge in [0.25, 0.3) is 0 Å². The van der Waals surface area contributed by atoms with Crippen molar-refractivity contribution < 1.29 is 9.59 Å². The number of urea groups is 1. The van der Waals surface area contributed by atoms with Gasteiger partial charge in [-0.25, -0.2) is 9.78 Å². The minimum atomic E-state index is -0.379. The average Bonchev–Trinajstić information content (AvgIpc) is 2.81. The van der Waals surface area contributed by atoms with Crippen molar-refractivity contribution in [2.75, 3.05) is 5.75 Å². The first-order chi connectivity index (χ1) is 11.9. The summed E-state index contributed by atoms with van der Waals surface area (Å²) >= 11 is 1.38. The Hall–Kier alpha value is -1.50. The van der Waals surface area contributed by atoms with Gasteiger partial charge in [0.1, 0.15) is 0 Å². The maximum Gasteiger partial charge on any atom is 0.321 e. The van der Waals surface area contributed by atoms with E-state index in [2.05, 4.69) is 34.0 Å². The first-order valence-electron chi connectivity index (χ1n) is 9.13. The summed E-state index contributed by atoms with van der Waals surface area (Å²) in [5.41, 5.74) is 2.12. The third-order valence-corrected chi connectivity index (χ3v) is 5.47. The van der Waals surface area contributed by atoms with E-state index in [-0.39, 0.29) is 23.7 Å². The molecule has 0 spiro atoms. The van der Waals surface area contributed by atoms with Crippen LogP contribution in [-0.4, -0.2) is 33.3 Å². The quantitative estimate of drug-likeness (QED) is 0.757. The Kier molecular flexibility index (Phi) is 7.35. The van der Waals surface area contributed by atoms with E-state index in [1.807, 2.05) is 13.8 Å². The third kappa shape index (κ3) is 6.06. The summed E-state index contributed by atoms with van der Waals surface area (Å²) in [5.74, 6) is 0.404. The lowest BCUT2D eigenvalue weighted by molar-refractivity contribution is -0.117. The number of nitrogens with zero attached hydrogens (tertiary/aromatic N) is 2. The SMILES string of the molecule is Cc1nc(SCC(=O)NC(=O)NC2CCCCC2)n(CC(C)C)c1C. The summed E-state index contributed by atoms with van der Waals surface area (Å²) in [6.45, 7) is 9.22. The van der Waals surface area contributed by atoms with Gasteiger partial charge in [0, 0.05) is 18.3 Å². The summed E-state index contributed by atoms with van der Waals surface area (Å²) in [4.78, 5) is 28.5. The van der Waals surface area contributed by atoms with Crippen LogP contribution in [0.1, 0.15) is 57.3 Å². The average molecular weight is 367 g/mol. The fraction of sp³-hybridized carbons (Fsp3) is 0.722. The number of imidazole rings is 1. The van der Waals surface area contributed by atoms with Gasteiger partial charge in [0.05, 0.1) is 11.4 Å². The van der Waals surface area contributed by atoms with Crippen LogP contribution >= 0.6 is 11.8 Å². The van der Waals surface area contributed by atoms with Crippen molar-refractivity contribution in [3.8, 4) is 0 Å². The van der Waals surface area contributed by atoms with Crippen LogP contribution < -0.4 is 10.6 Å². The van der Waals surface area contributed by atoms with Crippen molar-refractivity contribution in [1.29, 1.82) is 0 Å². The highest BCUT2D eigenvalue weighted by Crippen LogP contribution is 2.22. The number of hydrogen-bond acceptors (Lipinski definition) is 4. The molecule has 0 radical (unpaired) electrons. The van der Waals surface area contributed by atoms with E-state index in [9.17, 15) is 9.59 Å². The molecule has 2 N–H and O–H groups in total. The van der Waals surface area contributed by atoms with Crippen LogP contribution in [0.15, 0.2) is 5.16 Å². The van der Waals surface area contributed by atoms with Crippen LogP contribution in [-0.2, 0) is 11.3 Å². The molecule has 1 fully saturated rings. The van der Waals surface area contributed by atoms with Crippen molar-refractivity contribution >= 4 is 23.7 Å². The van der Waals surface area contributed by atoms with Gasteiger partial charge < -0.3 is 9.88 Å². The fourth-order valence-electron chi connectivity index (χ4n) is 3.08. The standard InChI is InChI=1S/C18H30N4O2S/c1-12(2)10-22-14(4)13(3)19-18(22)25-11-16(23)21-17(24)20-15-8-6-5-7-9-15/h12,15H,5-11H2,1-4H3,(H2,20,21,23,24). The van der Waals surface area contributed by atoms with E-state index < -0.39 is 0 Å². The fourth-order valence-corrected chi connectivity index (χ4v) is 3.98. The number of amides is 3. The largest absolute Gasteiger partial charge is 0.335 e. The Morgan fingerprint density at radius 1 is 1.24 bits per heavy atom. The molecule has 1 saturated carbocycles.